The minimum absolute atomic E-state index is 0.0624. The van der Waals surface area contributed by atoms with Crippen LogP contribution in [-0.2, 0) is 9.53 Å². The number of hydrogen-bond acceptors (Lipinski definition) is 5. The highest BCUT2D eigenvalue weighted by Gasteiger charge is 2.38. The molecule has 2 aliphatic heterocycles. The summed E-state index contributed by atoms with van der Waals surface area (Å²) in [6.07, 6.45) is 0. The van der Waals surface area contributed by atoms with Crippen LogP contribution in [0.4, 0.5) is 4.79 Å². The largest absolute Gasteiger partial charge is 0.463 e. The molecule has 2 aliphatic rings. The maximum Gasteiger partial charge on any atom is 0.338 e. The van der Waals surface area contributed by atoms with Crippen LogP contribution in [-0.4, -0.2) is 79.0 Å². The summed E-state index contributed by atoms with van der Waals surface area (Å²) >= 11 is 18.7. The highest BCUT2D eigenvalue weighted by molar-refractivity contribution is 6.42. The minimum atomic E-state index is -0.822. The van der Waals surface area contributed by atoms with E-state index in [-0.39, 0.29) is 23.6 Å². The first-order valence-electron chi connectivity index (χ1n) is 11.9. The van der Waals surface area contributed by atoms with Crippen LogP contribution < -0.4 is 5.32 Å². The summed E-state index contributed by atoms with van der Waals surface area (Å²) in [6, 6.07) is 10.7. The van der Waals surface area contributed by atoms with Crippen LogP contribution in [0.25, 0.3) is 0 Å². The average Bonchev–Trinajstić information content (AvgIpc) is 2.89. The van der Waals surface area contributed by atoms with E-state index in [0.29, 0.717) is 65.2 Å². The van der Waals surface area contributed by atoms with Crippen molar-refractivity contribution in [3.63, 3.8) is 0 Å². The number of ether oxygens (including phenoxy) is 1. The maximum absolute atomic E-state index is 13.2. The van der Waals surface area contributed by atoms with Crippen molar-refractivity contribution in [3.05, 3.63) is 79.9 Å². The van der Waals surface area contributed by atoms with Gasteiger partial charge in [-0.3, -0.25) is 14.6 Å². The fourth-order valence-electron chi connectivity index (χ4n) is 4.47. The number of hydrogen-bond donors (Lipinski definition) is 1. The van der Waals surface area contributed by atoms with Gasteiger partial charge >= 0.3 is 12.0 Å². The summed E-state index contributed by atoms with van der Waals surface area (Å²) < 4.78 is 5.38. The van der Waals surface area contributed by atoms with E-state index >= 15 is 0 Å². The van der Waals surface area contributed by atoms with Crippen molar-refractivity contribution in [2.24, 2.45) is 0 Å². The second kappa shape index (κ2) is 11.7. The molecule has 11 heteroatoms. The van der Waals surface area contributed by atoms with Crippen LogP contribution >= 0.6 is 34.8 Å². The van der Waals surface area contributed by atoms with E-state index in [9.17, 15) is 14.4 Å². The molecule has 0 aromatic heterocycles. The molecule has 1 N–H and O–H groups in total. The summed E-state index contributed by atoms with van der Waals surface area (Å²) in [6.45, 7) is 4.35. The van der Waals surface area contributed by atoms with E-state index in [1.165, 1.54) is 4.90 Å². The van der Waals surface area contributed by atoms with Gasteiger partial charge in [0.05, 0.1) is 28.3 Å². The molecule has 2 heterocycles. The summed E-state index contributed by atoms with van der Waals surface area (Å²) in [4.78, 5) is 44.3. The second-order valence-electron chi connectivity index (χ2n) is 8.74. The van der Waals surface area contributed by atoms with Gasteiger partial charge in [-0.25, -0.2) is 9.59 Å². The number of halogens is 3. The van der Waals surface area contributed by atoms with E-state index < -0.39 is 12.0 Å². The van der Waals surface area contributed by atoms with Crippen molar-refractivity contribution in [2.75, 3.05) is 46.4 Å². The molecular weight excluding hydrogens is 539 g/mol. The van der Waals surface area contributed by atoms with E-state index in [0.717, 1.165) is 0 Å². The molecule has 196 valence electrons. The first-order chi connectivity index (χ1) is 17.7. The predicted molar refractivity (Wildman–Crippen MR) is 143 cm³/mol. The van der Waals surface area contributed by atoms with Gasteiger partial charge in [0.15, 0.2) is 0 Å². The Morgan fingerprint density at radius 3 is 2.35 bits per heavy atom. The number of esters is 1. The van der Waals surface area contributed by atoms with Crippen LogP contribution in [0.2, 0.25) is 15.1 Å². The third kappa shape index (κ3) is 5.88. The Bertz CT molecular complexity index is 1230. The predicted octanol–water partition coefficient (Wildman–Crippen LogP) is 4.62. The van der Waals surface area contributed by atoms with Gasteiger partial charge in [0, 0.05) is 56.1 Å². The van der Waals surface area contributed by atoms with Crippen molar-refractivity contribution in [1.82, 2.24) is 20.0 Å². The molecule has 2 aromatic carbocycles. The van der Waals surface area contributed by atoms with Gasteiger partial charge in [-0.1, -0.05) is 46.9 Å². The van der Waals surface area contributed by atoms with Crippen LogP contribution in [0, 0.1) is 0 Å². The van der Waals surface area contributed by atoms with Gasteiger partial charge in [0.25, 0.3) is 5.91 Å². The zero-order valence-electron chi connectivity index (χ0n) is 20.5. The Kier molecular flexibility index (Phi) is 8.64. The Labute approximate surface area is 230 Å². The van der Waals surface area contributed by atoms with Crippen LogP contribution in [0.3, 0.4) is 0 Å². The standard InChI is InChI=1S/C26H27Cl3N4O4/c1-3-37-25(35)21-20(31(2)26(36)30-23(21)18-5-4-6-19(28)22(18)29)15-32-11-13-33(14-12-32)24(34)16-7-9-17(27)10-8-16/h4-10,23H,3,11-15H2,1-2H3,(H,30,36). The van der Waals surface area contributed by atoms with Crippen LogP contribution in [0.5, 0.6) is 0 Å². The van der Waals surface area contributed by atoms with Gasteiger partial charge in [-0.05, 0) is 42.8 Å². The van der Waals surface area contributed by atoms with Crippen molar-refractivity contribution in [3.8, 4) is 0 Å². The zero-order chi connectivity index (χ0) is 26.7. The normalized spacial score (nSPS) is 18.6. The fourth-order valence-corrected chi connectivity index (χ4v) is 5.01. The lowest BCUT2D eigenvalue weighted by molar-refractivity contribution is -0.139. The number of nitrogens with one attached hydrogen (secondary N) is 1. The molecule has 4 rings (SSSR count). The molecule has 1 unspecified atom stereocenters. The molecule has 1 saturated heterocycles. The van der Waals surface area contributed by atoms with Gasteiger partial charge in [0.1, 0.15) is 0 Å². The molecule has 3 amide bonds. The third-order valence-corrected chi connectivity index (χ3v) is 7.57. The number of benzene rings is 2. The molecule has 0 spiro atoms. The van der Waals surface area contributed by atoms with Gasteiger partial charge in [0.2, 0.25) is 0 Å². The zero-order valence-corrected chi connectivity index (χ0v) is 22.7. The Balaban J connectivity index is 1.59. The Morgan fingerprint density at radius 1 is 1.03 bits per heavy atom. The van der Waals surface area contributed by atoms with E-state index in [1.54, 1.807) is 61.3 Å². The molecule has 0 saturated carbocycles. The van der Waals surface area contributed by atoms with Crippen LogP contribution in [0.15, 0.2) is 53.7 Å². The van der Waals surface area contributed by atoms with Gasteiger partial charge in [-0.15, -0.1) is 0 Å². The molecule has 37 heavy (non-hydrogen) atoms. The third-order valence-electron chi connectivity index (χ3n) is 6.49. The first-order valence-corrected chi connectivity index (χ1v) is 13.0. The molecule has 0 bridgehead atoms. The lowest BCUT2D eigenvalue weighted by atomic mass is 9.94. The summed E-state index contributed by atoms with van der Waals surface area (Å²) in [5, 5.41) is 4.01. The lowest BCUT2D eigenvalue weighted by Crippen LogP contribution is -2.53. The monoisotopic (exact) mass is 564 g/mol. The topological polar surface area (TPSA) is 82.2 Å². The molecule has 1 atom stereocenters. The van der Waals surface area contributed by atoms with Crippen molar-refractivity contribution in [2.45, 2.75) is 13.0 Å². The number of carbonyl (C=O) groups is 3. The fraction of sp³-hybridized carbons (Fsp3) is 0.346. The number of nitrogens with zero attached hydrogens (tertiary/aromatic N) is 3. The lowest BCUT2D eigenvalue weighted by Gasteiger charge is -2.39. The molecule has 0 aliphatic carbocycles. The number of likely N-dealkylation sites (N-methyl/N-ethyl adjacent to an activating group) is 1. The van der Waals surface area contributed by atoms with Crippen molar-refractivity contribution < 1.29 is 19.1 Å². The van der Waals surface area contributed by atoms with E-state index in [1.807, 2.05) is 0 Å². The number of amides is 3. The Hall–Kier alpha value is -2.78. The SMILES string of the molecule is CCOC(=O)C1=C(CN2CCN(C(=O)c3ccc(Cl)cc3)CC2)N(C)C(=O)NC1c1cccc(Cl)c1Cl. The summed E-state index contributed by atoms with van der Waals surface area (Å²) in [5.41, 5.74) is 1.90. The summed E-state index contributed by atoms with van der Waals surface area (Å²) in [7, 11) is 1.61. The van der Waals surface area contributed by atoms with Gasteiger partial charge in [-0.2, -0.15) is 0 Å². The highest BCUT2D eigenvalue weighted by atomic mass is 35.5. The Morgan fingerprint density at radius 2 is 1.70 bits per heavy atom. The molecule has 2 aromatic rings. The molecule has 1 fully saturated rings. The molecule has 8 nitrogen and oxygen atoms in total. The number of rotatable bonds is 6. The number of carbonyl (C=O) groups excluding carboxylic acids is 3. The van der Waals surface area contributed by atoms with Gasteiger partial charge < -0.3 is 15.0 Å². The second-order valence-corrected chi connectivity index (χ2v) is 9.96. The highest BCUT2D eigenvalue weighted by Crippen LogP contribution is 2.37. The molecule has 0 radical (unpaired) electrons. The number of piperazine rings is 1. The summed E-state index contributed by atoms with van der Waals surface area (Å²) in [5.74, 6) is -0.602. The first kappa shape index (κ1) is 27.3. The smallest absolute Gasteiger partial charge is 0.338 e. The van der Waals surface area contributed by atoms with E-state index in [4.69, 9.17) is 39.5 Å². The van der Waals surface area contributed by atoms with Crippen molar-refractivity contribution >= 4 is 52.7 Å². The maximum atomic E-state index is 13.2. The van der Waals surface area contributed by atoms with E-state index in [2.05, 4.69) is 10.2 Å². The van der Waals surface area contributed by atoms with Crippen LogP contribution in [0.1, 0.15) is 28.9 Å². The minimum Gasteiger partial charge on any atom is -0.463 e. The quantitative estimate of drug-likeness (QED) is 0.517. The average molecular weight is 566 g/mol. The number of urea groups is 1. The van der Waals surface area contributed by atoms with Crippen molar-refractivity contribution in [1.29, 1.82) is 0 Å². The molecular formula is C26H27Cl3N4O4.